The van der Waals surface area contributed by atoms with Gasteiger partial charge in [-0.2, -0.15) is 4.68 Å². The molecule has 0 radical (unpaired) electrons. The molecule has 0 amide bonds. The Bertz CT molecular complexity index is 679. The van der Waals surface area contributed by atoms with Gasteiger partial charge in [-0.05, 0) is 40.3 Å². The maximum atomic E-state index is 12.9. The SMILES string of the molecule is Fc1ccc(CNc2ccccc2-n2cnnn2)cc1. The van der Waals surface area contributed by atoms with E-state index >= 15 is 0 Å². The molecule has 1 heterocycles. The average molecular weight is 269 g/mol. The van der Waals surface area contributed by atoms with E-state index in [1.165, 1.54) is 12.1 Å². The normalized spacial score (nSPS) is 10.4. The number of hydrogen-bond acceptors (Lipinski definition) is 4. The van der Waals surface area contributed by atoms with Crippen LogP contribution in [0.15, 0.2) is 54.9 Å². The second kappa shape index (κ2) is 5.48. The molecule has 5 nitrogen and oxygen atoms in total. The highest BCUT2D eigenvalue weighted by Gasteiger charge is 2.04. The van der Waals surface area contributed by atoms with E-state index in [1.54, 1.807) is 23.1 Å². The van der Waals surface area contributed by atoms with Crippen molar-refractivity contribution in [2.75, 3.05) is 5.32 Å². The van der Waals surface area contributed by atoms with Gasteiger partial charge in [0.25, 0.3) is 0 Å². The minimum atomic E-state index is -0.233. The smallest absolute Gasteiger partial charge is 0.143 e. The van der Waals surface area contributed by atoms with Crippen LogP contribution in [0.2, 0.25) is 0 Å². The molecule has 0 aliphatic rings. The van der Waals surface area contributed by atoms with Crippen LogP contribution >= 0.6 is 0 Å². The predicted molar refractivity (Wildman–Crippen MR) is 72.9 cm³/mol. The van der Waals surface area contributed by atoms with Gasteiger partial charge in [-0.25, -0.2) is 4.39 Å². The Morgan fingerprint density at radius 3 is 2.60 bits per heavy atom. The lowest BCUT2D eigenvalue weighted by atomic mass is 10.2. The summed E-state index contributed by atoms with van der Waals surface area (Å²) in [6.07, 6.45) is 1.54. The minimum absolute atomic E-state index is 0.233. The summed E-state index contributed by atoms with van der Waals surface area (Å²) < 4.78 is 14.4. The average Bonchev–Trinajstić information content (AvgIpc) is 3.01. The highest BCUT2D eigenvalue weighted by atomic mass is 19.1. The number of nitrogens with one attached hydrogen (secondary N) is 1. The lowest BCUT2D eigenvalue weighted by molar-refractivity contribution is 0.627. The van der Waals surface area contributed by atoms with Gasteiger partial charge in [0.1, 0.15) is 12.1 Å². The van der Waals surface area contributed by atoms with Gasteiger partial charge in [-0.3, -0.25) is 0 Å². The minimum Gasteiger partial charge on any atom is -0.379 e. The number of hydrogen-bond donors (Lipinski definition) is 1. The maximum Gasteiger partial charge on any atom is 0.143 e. The fourth-order valence-corrected chi connectivity index (χ4v) is 1.89. The van der Waals surface area contributed by atoms with E-state index in [0.29, 0.717) is 6.54 Å². The van der Waals surface area contributed by atoms with Gasteiger partial charge in [-0.15, -0.1) is 5.10 Å². The van der Waals surface area contributed by atoms with Crippen molar-refractivity contribution in [2.45, 2.75) is 6.54 Å². The zero-order chi connectivity index (χ0) is 13.8. The summed E-state index contributed by atoms with van der Waals surface area (Å²) in [5, 5.41) is 14.4. The van der Waals surface area contributed by atoms with Crippen molar-refractivity contribution in [1.29, 1.82) is 0 Å². The zero-order valence-corrected chi connectivity index (χ0v) is 10.6. The number of rotatable bonds is 4. The summed E-state index contributed by atoms with van der Waals surface area (Å²) >= 11 is 0. The number of nitrogens with zero attached hydrogens (tertiary/aromatic N) is 4. The standard InChI is InChI=1S/C14H12FN5/c15-12-7-5-11(6-8-12)9-16-13-3-1-2-4-14(13)20-10-17-18-19-20/h1-8,10,16H,9H2. The van der Waals surface area contributed by atoms with Crippen LogP contribution in [0.5, 0.6) is 0 Å². The van der Waals surface area contributed by atoms with E-state index in [0.717, 1.165) is 16.9 Å². The Hall–Kier alpha value is -2.76. The van der Waals surface area contributed by atoms with Crippen molar-refractivity contribution >= 4 is 5.69 Å². The number of anilines is 1. The van der Waals surface area contributed by atoms with Gasteiger partial charge in [0.2, 0.25) is 0 Å². The summed E-state index contributed by atoms with van der Waals surface area (Å²) in [5.74, 6) is -0.233. The Morgan fingerprint density at radius 2 is 1.85 bits per heavy atom. The molecular weight excluding hydrogens is 257 g/mol. The van der Waals surface area contributed by atoms with Crippen molar-refractivity contribution < 1.29 is 4.39 Å². The van der Waals surface area contributed by atoms with Crippen LogP contribution in [0.1, 0.15) is 5.56 Å². The largest absolute Gasteiger partial charge is 0.379 e. The van der Waals surface area contributed by atoms with Crippen LogP contribution in [0.3, 0.4) is 0 Å². The third-order valence-corrected chi connectivity index (χ3v) is 2.90. The first-order chi connectivity index (χ1) is 9.83. The Balaban J connectivity index is 1.79. The lowest BCUT2D eigenvalue weighted by Gasteiger charge is -2.11. The summed E-state index contributed by atoms with van der Waals surface area (Å²) in [6.45, 7) is 0.597. The van der Waals surface area contributed by atoms with Gasteiger partial charge >= 0.3 is 0 Å². The molecule has 100 valence electrons. The fourth-order valence-electron chi connectivity index (χ4n) is 1.89. The van der Waals surface area contributed by atoms with E-state index in [9.17, 15) is 4.39 Å². The van der Waals surface area contributed by atoms with Crippen LogP contribution in [-0.2, 0) is 6.54 Å². The van der Waals surface area contributed by atoms with Gasteiger partial charge < -0.3 is 5.32 Å². The number of halogens is 1. The van der Waals surface area contributed by atoms with Crippen molar-refractivity contribution in [3.8, 4) is 5.69 Å². The number of para-hydroxylation sites is 2. The first-order valence-electron chi connectivity index (χ1n) is 6.13. The molecule has 3 aromatic rings. The molecule has 0 spiro atoms. The van der Waals surface area contributed by atoms with Gasteiger partial charge in [0.15, 0.2) is 0 Å². The van der Waals surface area contributed by atoms with Crippen LogP contribution in [-0.4, -0.2) is 20.2 Å². The zero-order valence-electron chi connectivity index (χ0n) is 10.6. The molecule has 0 aliphatic heterocycles. The number of tetrazole rings is 1. The second-order valence-corrected chi connectivity index (χ2v) is 4.25. The summed E-state index contributed by atoms with van der Waals surface area (Å²) in [5.41, 5.74) is 2.77. The monoisotopic (exact) mass is 269 g/mol. The topological polar surface area (TPSA) is 55.6 Å². The third-order valence-electron chi connectivity index (χ3n) is 2.90. The molecular formula is C14H12FN5. The molecule has 3 rings (SSSR count). The molecule has 1 aromatic heterocycles. The Kier molecular flexibility index (Phi) is 3.36. The lowest BCUT2D eigenvalue weighted by Crippen LogP contribution is -2.05. The van der Waals surface area contributed by atoms with Crippen LogP contribution in [0.25, 0.3) is 5.69 Å². The van der Waals surface area contributed by atoms with Crippen LogP contribution in [0.4, 0.5) is 10.1 Å². The van der Waals surface area contributed by atoms with Crippen molar-refractivity contribution in [2.24, 2.45) is 0 Å². The quantitative estimate of drug-likeness (QED) is 0.790. The highest BCUT2D eigenvalue weighted by Crippen LogP contribution is 2.19. The number of benzene rings is 2. The Labute approximate surface area is 115 Å². The summed E-state index contributed by atoms with van der Waals surface area (Å²) in [7, 11) is 0. The molecule has 0 saturated heterocycles. The van der Waals surface area contributed by atoms with Crippen molar-refractivity contribution in [1.82, 2.24) is 20.2 Å². The predicted octanol–water partition coefficient (Wildman–Crippen LogP) is 2.41. The fraction of sp³-hybridized carbons (Fsp3) is 0.0714. The molecule has 0 atom stereocenters. The van der Waals surface area contributed by atoms with E-state index in [4.69, 9.17) is 0 Å². The number of aromatic nitrogens is 4. The van der Waals surface area contributed by atoms with E-state index in [1.807, 2.05) is 24.3 Å². The molecule has 0 unspecified atom stereocenters. The van der Waals surface area contributed by atoms with Crippen molar-refractivity contribution in [3.63, 3.8) is 0 Å². The Morgan fingerprint density at radius 1 is 1.05 bits per heavy atom. The van der Waals surface area contributed by atoms with Gasteiger partial charge in [-0.1, -0.05) is 24.3 Å². The first-order valence-corrected chi connectivity index (χ1v) is 6.13. The summed E-state index contributed by atoms with van der Waals surface area (Å²) in [6, 6.07) is 14.1. The van der Waals surface area contributed by atoms with Crippen LogP contribution < -0.4 is 5.32 Å². The maximum absolute atomic E-state index is 12.9. The second-order valence-electron chi connectivity index (χ2n) is 4.25. The van der Waals surface area contributed by atoms with Crippen molar-refractivity contribution in [3.05, 3.63) is 66.2 Å². The van der Waals surface area contributed by atoms with E-state index in [2.05, 4.69) is 20.8 Å². The van der Waals surface area contributed by atoms with Gasteiger partial charge in [0.05, 0.1) is 11.4 Å². The molecule has 1 N–H and O–H groups in total. The molecule has 0 saturated carbocycles. The molecule has 0 fully saturated rings. The molecule has 0 aliphatic carbocycles. The molecule has 0 bridgehead atoms. The highest BCUT2D eigenvalue weighted by molar-refractivity contribution is 5.60. The first kappa shape index (κ1) is 12.3. The third kappa shape index (κ3) is 2.64. The van der Waals surface area contributed by atoms with Crippen LogP contribution in [0, 0.1) is 5.82 Å². The molecule has 2 aromatic carbocycles. The van der Waals surface area contributed by atoms with Gasteiger partial charge in [0, 0.05) is 6.54 Å². The van der Waals surface area contributed by atoms with E-state index in [-0.39, 0.29) is 5.82 Å². The summed E-state index contributed by atoms with van der Waals surface area (Å²) in [4.78, 5) is 0. The van der Waals surface area contributed by atoms with E-state index < -0.39 is 0 Å². The molecule has 6 heteroatoms. The molecule has 20 heavy (non-hydrogen) atoms.